The van der Waals surface area contributed by atoms with Gasteiger partial charge in [0.25, 0.3) is 0 Å². The fourth-order valence-corrected chi connectivity index (χ4v) is 2.29. The number of benzene rings is 1. The third kappa shape index (κ3) is 12.1. The summed E-state index contributed by atoms with van der Waals surface area (Å²) in [5, 5.41) is 13.8. The normalized spacial score (nSPS) is 12.9. The Morgan fingerprint density at radius 3 is 2.23 bits per heavy atom. The third-order valence-corrected chi connectivity index (χ3v) is 3.41. The van der Waals surface area contributed by atoms with Crippen molar-refractivity contribution in [2.75, 3.05) is 6.54 Å². The van der Waals surface area contributed by atoms with Crippen LogP contribution in [0.1, 0.15) is 54.4 Å². The van der Waals surface area contributed by atoms with E-state index in [1.807, 2.05) is 6.07 Å². The number of para-hydroxylation sites is 1. The number of amides is 1. The second kappa shape index (κ2) is 11.8. The van der Waals surface area contributed by atoms with E-state index >= 15 is 0 Å². The summed E-state index contributed by atoms with van der Waals surface area (Å²) in [6.07, 6.45) is 1.77. The van der Waals surface area contributed by atoms with Crippen LogP contribution >= 0.6 is 0 Å². The van der Waals surface area contributed by atoms with Gasteiger partial charge in [-0.15, -0.1) is 0 Å². The van der Waals surface area contributed by atoms with Gasteiger partial charge in [0.2, 0.25) is 0 Å². The second-order valence-corrected chi connectivity index (χ2v) is 8.71. The predicted molar refractivity (Wildman–Crippen MR) is 116 cm³/mol. The predicted octanol–water partition coefficient (Wildman–Crippen LogP) is 3.51. The van der Waals surface area contributed by atoms with Gasteiger partial charge in [0.15, 0.2) is 6.19 Å². The molecule has 0 saturated heterocycles. The average molecular weight is 433 g/mol. The standard InChI is InChI=1S/C22H32N4O5/c1-21(2,3)30-18(27)17(26-20(28)31-22(4,5)6)13-10-14-24-19(25-15-23)29-16-11-8-7-9-12-16/h7-9,11-12,17H,10,13-14H2,1-6H3,(H,24,25)(H,26,28)/t17-/m0/s1. The first-order chi connectivity index (χ1) is 14.4. The Kier molecular flexibility index (Phi) is 9.80. The summed E-state index contributed by atoms with van der Waals surface area (Å²) in [6.45, 7) is 10.7. The Balaban J connectivity index is 2.74. The Hall–Kier alpha value is -3.28. The topological polar surface area (TPSA) is 122 Å². The maximum Gasteiger partial charge on any atom is 0.408 e. The number of amidine groups is 1. The Morgan fingerprint density at radius 2 is 1.68 bits per heavy atom. The SMILES string of the molecule is CC(C)(C)OC(=O)N[C@@H](CCCN=C(NC#N)Oc1ccccc1)C(=O)OC(C)(C)C. The lowest BCUT2D eigenvalue weighted by atomic mass is 10.1. The third-order valence-electron chi connectivity index (χ3n) is 3.41. The molecule has 0 aromatic heterocycles. The summed E-state index contributed by atoms with van der Waals surface area (Å²) in [5.41, 5.74) is -1.39. The average Bonchev–Trinajstić information content (AvgIpc) is 2.62. The number of ether oxygens (including phenoxy) is 3. The zero-order chi connectivity index (χ0) is 23.5. The molecule has 0 bridgehead atoms. The van der Waals surface area contributed by atoms with Crippen molar-refractivity contribution in [3.8, 4) is 11.9 Å². The van der Waals surface area contributed by atoms with Gasteiger partial charge in [-0.2, -0.15) is 5.26 Å². The number of rotatable bonds is 7. The van der Waals surface area contributed by atoms with E-state index < -0.39 is 29.3 Å². The molecule has 0 aliphatic rings. The number of hydrogen-bond acceptors (Lipinski definition) is 7. The van der Waals surface area contributed by atoms with Crippen molar-refractivity contribution in [1.82, 2.24) is 10.6 Å². The number of nitrogens with zero attached hydrogens (tertiary/aromatic N) is 2. The highest BCUT2D eigenvalue weighted by Crippen LogP contribution is 2.13. The maximum atomic E-state index is 12.5. The van der Waals surface area contributed by atoms with Gasteiger partial charge in [0.1, 0.15) is 23.0 Å². The number of alkyl carbamates (subject to hydrolysis) is 1. The first-order valence-corrected chi connectivity index (χ1v) is 10.0. The minimum absolute atomic E-state index is 0.0441. The van der Waals surface area contributed by atoms with E-state index in [1.54, 1.807) is 72.0 Å². The van der Waals surface area contributed by atoms with Crippen molar-refractivity contribution in [3.05, 3.63) is 30.3 Å². The van der Waals surface area contributed by atoms with Crippen molar-refractivity contribution in [1.29, 1.82) is 5.26 Å². The van der Waals surface area contributed by atoms with E-state index in [1.165, 1.54) is 0 Å². The van der Waals surface area contributed by atoms with Crippen LogP contribution in [0.25, 0.3) is 0 Å². The molecule has 1 atom stereocenters. The molecule has 1 aromatic carbocycles. The number of esters is 1. The van der Waals surface area contributed by atoms with Gasteiger partial charge in [0, 0.05) is 6.54 Å². The van der Waals surface area contributed by atoms with E-state index in [2.05, 4.69) is 15.6 Å². The van der Waals surface area contributed by atoms with E-state index in [0.29, 0.717) is 12.2 Å². The molecule has 1 amide bonds. The van der Waals surface area contributed by atoms with Crippen LogP contribution in [0.3, 0.4) is 0 Å². The van der Waals surface area contributed by atoms with Crippen molar-refractivity contribution < 1.29 is 23.8 Å². The number of hydrogen-bond donors (Lipinski definition) is 2. The summed E-state index contributed by atoms with van der Waals surface area (Å²) in [7, 11) is 0. The lowest BCUT2D eigenvalue weighted by molar-refractivity contribution is -0.157. The highest BCUT2D eigenvalue weighted by Gasteiger charge is 2.28. The molecule has 1 rings (SSSR count). The lowest BCUT2D eigenvalue weighted by Gasteiger charge is -2.26. The van der Waals surface area contributed by atoms with Crippen LogP contribution in [0, 0.1) is 11.5 Å². The molecule has 0 fully saturated rings. The van der Waals surface area contributed by atoms with Gasteiger partial charge < -0.3 is 19.5 Å². The first-order valence-electron chi connectivity index (χ1n) is 10.0. The first kappa shape index (κ1) is 25.8. The van der Waals surface area contributed by atoms with Gasteiger partial charge in [0.05, 0.1) is 0 Å². The Bertz CT molecular complexity index is 789. The van der Waals surface area contributed by atoms with E-state index in [4.69, 9.17) is 19.5 Å². The monoisotopic (exact) mass is 432 g/mol. The van der Waals surface area contributed by atoms with Crippen LogP contribution in [-0.4, -0.2) is 41.9 Å². The Morgan fingerprint density at radius 1 is 1.06 bits per heavy atom. The summed E-state index contributed by atoms with van der Waals surface area (Å²) in [5.74, 6) is -0.0273. The summed E-state index contributed by atoms with van der Waals surface area (Å²) >= 11 is 0. The van der Waals surface area contributed by atoms with Gasteiger partial charge in [-0.05, 0) is 66.5 Å². The fourth-order valence-electron chi connectivity index (χ4n) is 2.29. The molecule has 0 aliphatic heterocycles. The van der Waals surface area contributed by atoms with Crippen molar-refractivity contribution in [3.63, 3.8) is 0 Å². The molecule has 0 saturated carbocycles. The number of aliphatic imine (C=N–C) groups is 1. The molecule has 0 radical (unpaired) electrons. The molecular weight excluding hydrogens is 400 g/mol. The largest absolute Gasteiger partial charge is 0.458 e. The number of nitriles is 1. The molecule has 9 nitrogen and oxygen atoms in total. The summed E-state index contributed by atoms with van der Waals surface area (Å²) in [4.78, 5) is 28.9. The molecule has 0 aliphatic carbocycles. The van der Waals surface area contributed by atoms with Crippen LogP contribution in [0.5, 0.6) is 5.75 Å². The van der Waals surface area contributed by atoms with E-state index in [9.17, 15) is 9.59 Å². The minimum Gasteiger partial charge on any atom is -0.458 e. The molecule has 1 aromatic rings. The molecule has 0 unspecified atom stereocenters. The zero-order valence-corrected chi connectivity index (χ0v) is 19.0. The van der Waals surface area contributed by atoms with Crippen molar-refractivity contribution in [2.24, 2.45) is 4.99 Å². The van der Waals surface area contributed by atoms with Crippen molar-refractivity contribution >= 4 is 18.1 Å². The summed E-state index contributed by atoms with van der Waals surface area (Å²) < 4.78 is 16.2. The highest BCUT2D eigenvalue weighted by atomic mass is 16.6. The minimum atomic E-state index is -0.897. The van der Waals surface area contributed by atoms with Gasteiger partial charge in [-0.1, -0.05) is 18.2 Å². The van der Waals surface area contributed by atoms with E-state index in [0.717, 1.165) is 0 Å². The van der Waals surface area contributed by atoms with Crippen LogP contribution in [0.2, 0.25) is 0 Å². The highest BCUT2D eigenvalue weighted by molar-refractivity contribution is 5.81. The quantitative estimate of drug-likeness (QED) is 0.169. The summed E-state index contributed by atoms with van der Waals surface area (Å²) in [6, 6.07) is 8.06. The van der Waals surface area contributed by atoms with Crippen LogP contribution in [0.4, 0.5) is 4.79 Å². The van der Waals surface area contributed by atoms with Crippen LogP contribution in [-0.2, 0) is 14.3 Å². The number of carbonyl (C=O) groups excluding carboxylic acids is 2. The molecule has 9 heteroatoms. The van der Waals surface area contributed by atoms with Crippen LogP contribution in [0.15, 0.2) is 35.3 Å². The molecule has 0 heterocycles. The zero-order valence-electron chi connectivity index (χ0n) is 19.0. The molecule has 31 heavy (non-hydrogen) atoms. The van der Waals surface area contributed by atoms with Gasteiger partial charge >= 0.3 is 18.1 Å². The van der Waals surface area contributed by atoms with Crippen LogP contribution < -0.4 is 15.4 Å². The van der Waals surface area contributed by atoms with Gasteiger partial charge in [-0.25, -0.2) is 19.9 Å². The van der Waals surface area contributed by atoms with E-state index in [-0.39, 0.29) is 19.0 Å². The second-order valence-electron chi connectivity index (χ2n) is 8.71. The Labute approximate surface area is 183 Å². The molecular formula is C22H32N4O5. The fraction of sp³-hybridized carbons (Fsp3) is 0.545. The van der Waals surface area contributed by atoms with Crippen molar-refractivity contribution in [2.45, 2.75) is 71.6 Å². The lowest BCUT2D eigenvalue weighted by Crippen LogP contribution is -2.46. The molecule has 2 N–H and O–H groups in total. The number of carbonyl (C=O) groups is 2. The van der Waals surface area contributed by atoms with Gasteiger partial charge in [-0.3, -0.25) is 0 Å². The smallest absolute Gasteiger partial charge is 0.408 e. The number of nitrogens with one attached hydrogen (secondary N) is 2. The molecule has 0 spiro atoms. The molecule has 170 valence electrons. The maximum absolute atomic E-state index is 12.5.